The van der Waals surface area contributed by atoms with Gasteiger partial charge in [-0.05, 0) is 0 Å². The first-order chi connectivity index (χ1) is 6.50. The first kappa shape index (κ1) is 11.0. The van der Waals surface area contributed by atoms with E-state index in [4.69, 9.17) is 5.11 Å². The number of halogens is 2. The van der Waals surface area contributed by atoms with Gasteiger partial charge in [0.1, 0.15) is 0 Å². The van der Waals surface area contributed by atoms with E-state index in [0.29, 0.717) is 5.69 Å². The minimum atomic E-state index is -2.58. The van der Waals surface area contributed by atoms with E-state index in [1.807, 2.05) is 0 Å². The molecule has 0 saturated carbocycles. The highest BCUT2D eigenvalue weighted by molar-refractivity contribution is 7.09. The molecule has 78 valence electrons. The molecule has 0 aliphatic heterocycles. The molecule has 0 aliphatic rings. The number of nitrogens with zero attached hydrogens (tertiary/aromatic N) is 1. The maximum atomic E-state index is 12.1. The molecule has 0 fully saturated rings. The second-order valence-corrected chi connectivity index (χ2v) is 3.81. The van der Waals surface area contributed by atoms with Crippen LogP contribution in [0, 0.1) is 5.92 Å². The lowest BCUT2D eigenvalue weighted by Gasteiger charge is -2.01. The van der Waals surface area contributed by atoms with E-state index < -0.39 is 18.3 Å². The van der Waals surface area contributed by atoms with Crippen molar-refractivity contribution in [1.82, 2.24) is 4.98 Å². The summed E-state index contributed by atoms with van der Waals surface area (Å²) in [6, 6.07) is 0. The van der Waals surface area contributed by atoms with E-state index in [1.54, 1.807) is 0 Å². The number of alkyl halides is 2. The highest BCUT2D eigenvalue weighted by Gasteiger charge is 2.16. The maximum Gasteiger partial charge on any atom is 0.306 e. The Balaban J connectivity index is 2.64. The van der Waals surface area contributed by atoms with Crippen LogP contribution in [0.15, 0.2) is 5.38 Å². The third-order valence-corrected chi connectivity index (χ3v) is 2.59. The number of carboxylic acid groups (broad SMARTS) is 1. The molecule has 0 saturated heterocycles. The molecule has 0 radical (unpaired) electrons. The predicted octanol–water partition coefficient (Wildman–Crippen LogP) is 2.34. The number of rotatable bonds is 4. The van der Waals surface area contributed by atoms with Gasteiger partial charge in [-0.15, -0.1) is 11.3 Å². The van der Waals surface area contributed by atoms with Crippen molar-refractivity contribution < 1.29 is 18.7 Å². The Morgan fingerprint density at radius 1 is 1.71 bits per heavy atom. The number of aliphatic carboxylic acids is 1. The van der Waals surface area contributed by atoms with Crippen LogP contribution in [-0.4, -0.2) is 16.1 Å². The van der Waals surface area contributed by atoms with Crippen LogP contribution in [0.4, 0.5) is 8.78 Å². The van der Waals surface area contributed by atoms with Gasteiger partial charge in [0.25, 0.3) is 6.43 Å². The summed E-state index contributed by atoms with van der Waals surface area (Å²) in [6.45, 7) is 1.52. The molecule has 1 aromatic heterocycles. The lowest BCUT2D eigenvalue weighted by Crippen LogP contribution is -2.12. The van der Waals surface area contributed by atoms with E-state index in [1.165, 1.54) is 12.3 Å². The van der Waals surface area contributed by atoms with Gasteiger partial charge in [-0.1, -0.05) is 6.92 Å². The predicted molar refractivity (Wildman–Crippen MR) is 47.6 cm³/mol. The molecular weight excluding hydrogens is 212 g/mol. The smallest absolute Gasteiger partial charge is 0.306 e. The minimum absolute atomic E-state index is 0.193. The summed E-state index contributed by atoms with van der Waals surface area (Å²) in [7, 11) is 0. The number of hydrogen-bond acceptors (Lipinski definition) is 3. The van der Waals surface area contributed by atoms with E-state index in [2.05, 4.69) is 4.98 Å². The van der Waals surface area contributed by atoms with Crippen molar-refractivity contribution in [3.8, 4) is 0 Å². The Morgan fingerprint density at radius 2 is 2.36 bits per heavy atom. The molecule has 6 heteroatoms. The molecule has 1 rings (SSSR count). The van der Waals surface area contributed by atoms with Gasteiger partial charge >= 0.3 is 5.97 Å². The van der Waals surface area contributed by atoms with Gasteiger partial charge in [0, 0.05) is 11.8 Å². The molecule has 0 bridgehead atoms. The SMILES string of the molecule is CC(Cc1csc(C(F)F)n1)C(=O)O. The quantitative estimate of drug-likeness (QED) is 0.849. The zero-order chi connectivity index (χ0) is 10.7. The van der Waals surface area contributed by atoms with Gasteiger partial charge < -0.3 is 5.11 Å². The third-order valence-electron chi connectivity index (χ3n) is 1.69. The van der Waals surface area contributed by atoms with Crippen LogP contribution in [0.5, 0.6) is 0 Å². The molecule has 0 aromatic carbocycles. The van der Waals surface area contributed by atoms with Crippen molar-refractivity contribution in [1.29, 1.82) is 0 Å². The van der Waals surface area contributed by atoms with Crippen LogP contribution in [-0.2, 0) is 11.2 Å². The van der Waals surface area contributed by atoms with Crippen LogP contribution in [0.2, 0.25) is 0 Å². The summed E-state index contributed by atoms with van der Waals surface area (Å²) < 4.78 is 24.2. The molecular formula is C8H9F2NO2S. The van der Waals surface area contributed by atoms with Crippen molar-refractivity contribution in [3.63, 3.8) is 0 Å². The van der Waals surface area contributed by atoms with Gasteiger partial charge in [0.15, 0.2) is 5.01 Å². The van der Waals surface area contributed by atoms with E-state index in [-0.39, 0.29) is 11.4 Å². The first-order valence-corrected chi connectivity index (χ1v) is 4.84. The van der Waals surface area contributed by atoms with Crippen LogP contribution in [0.25, 0.3) is 0 Å². The fourth-order valence-corrected chi connectivity index (χ4v) is 1.60. The molecule has 14 heavy (non-hydrogen) atoms. The first-order valence-electron chi connectivity index (χ1n) is 3.96. The monoisotopic (exact) mass is 221 g/mol. The Hall–Kier alpha value is -1.04. The molecule has 1 N–H and O–H groups in total. The van der Waals surface area contributed by atoms with Gasteiger partial charge in [0.05, 0.1) is 11.6 Å². The molecule has 1 atom stereocenters. The van der Waals surface area contributed by atoms with E-state index >= 15 is 0 Å². The molecule has 1 heterocycles. The van der Waals surface area contributed by atoms with Crippen molar-refractivity contribution in [2.45, 2.75) is 19.8 Å². The number of carbonyl (C=O) groups is 1. The minimum Gasteiger partial charge on any atom is -0.481 e. The second-order valence-electron chi connectivity index (χ2n) is 2.92. The second kappa shape index (κ2) is 4.45. The normalized spacial score (nSPS) is 13.1. The Kier molecular flexibility index (Phi) is 3.51. The zero-order valence-corrected chi connectivity index (χ0v) is 8.22. The summed E-state index contributed by atoms with van der Waals surface area (Å²) in [5, 5.41) is 9.81. The summed E-state index contributed by atoms with van der Waals surface area (Å²) in [5.41, 5.74) is 0.417. The molecule has 0 aliphatic carbocycles. The van der Waals surface area contributed by atoms with Gasteiger partial charge in [0.2, 0.25) is 0 Å². The van der Waals surface area contributed by atoms with Crippen LogP contribution >= 0.6 is 11.3 Å². The largest absolute Gasteiger partial charge is 0.481 e. The highest BCUT2D eigenvalue weighted by atomic mass is 32.1. The fraction of sp³-hybridized carbons (Fsp3) is 0.500. The van der Waals surface area contributed by atoms with Crippen molar-refractivity contribution >= 4 is 17.3 Å². The van der Waals surface area contributed by atoms with Gasteiger partial charge in [-0.2, -0.15) is 0 Å². The molecule has 1 unspecified atom stereocenters. The van der Waals surface area contributed by atoms with Crippen LogP contribution < -0.4 is 0 Å². The van der Waals surface area contributed by atoms with E-state index in [0.717, 1.165) is 11.3 Å². The Bertz CT molecular complexity index is 327. The third kappa shape index (κ3) is 2.73. The summed E-state index contributed by atoms with van der Waals surface area (Å²) >= 11 is 0.857. The topological polar surface area (TPSA) is 50.2 Å². The average molecular weight is 221 g/mol. The summed E-state index contributed by atoms with van der Waals surface area (Å²) in [4.78, 5) is 14.1. The molecule has 0 spiro atoms. The van der Waals surface area contributed by atoms with Gasteiger partial charge in [-0.3, -0.25) is 4.79 Å². The lowest BCUT2D eigenvalue weighted by molar-refractivity contribution is -0.141. The maximum absolute atomic E-state index is 12.1. The summed E-state index contributed by atoms with van der Waals surface area (Å²) in [5.74, 6) is -1.54. The number of thiazole rings is 1. The zero-order valence-electron chi connectivity index (χ0n) is 7.41. The number of hydrogen-bond donors (Lipinski definition) is 1. The van der Waals surface area contributed by atoms with Gasteiger partial charge in [-0.25, -0.2) is 13.8 Å². The van der Waals surface area contributed by atoms with Crippen LogP contribution in [0.1, 0.15) is 24.1 Å². The van der Waals surface area contributed by atoms with Crippen LogP contribution in [0.3, 0.4) is 0 Å². The molecule has 3 nitrogen and oxygen atoms in total. The molecule has 1 aromatic rings. The number of carboxylic acids is 1. The number of aromatic nitrogens is 1. The highest BCUT2D eigenvalue weighted by Crippen LogP contribution is 2.23. The van der Waals surface area contributed by atoms with Crippen molar-refractivity contribution in [3.05, 3.63) is 16.1 Å². The summed E-state index contributed by atoms with van der Waals surface area (Å²) in [6.07, 6.45) is -2.38. The lowest BCUT2D eigenvalue weighted by atomic mass is 10.1. The Morgan fingerprint density at radius 3 is 2.79 bits per heavy atom. The van der Waals surface area contributed by atoms with E-state index in [9.17, 15) is 13.6 Å². The fourth-order valence-electron chi connectivity index (χ4n) is 0.918. The average Bonchev–Trinajstić information content (AvgIpc) is 2.52. The standard InChI is InChI=1S/C8H9F2NO2S/c1-4(8(12)13)2-5-3-14-7(11-5)6(9)10/h3-4,6H,2H2,1H3,(H,12,13). The Labute approximate surface area is 83.4 Å². The van der Waals surface area contributed by atoms with Crippen molar-refractivity contribution in [2.75, 3.05) is 0 Å². The molecule has 0 amide bonds. The van der Waals surface area contributed by atoms with Crippen molar-refractivity contribution in [2.24, 2.45) is 5.92 Å².